The molecule has 1 aromatic heterocycles. The zero-order valence-electron chi connectivity index (χ0n) is 12.1. The maximum atomic E-state index is 10.9. The second-order valence-electron chi connectivity index (χ2n) is 5.82. The first kappa shape index (κ1) is 13.6. The maximum absolute atomic E-state index is 10.9. The van der Waals surface area contributed by atoms with Crippen LogP contribution in [0.5, 0.6) is 0 Å². The van der Waals surface area contributed by atoms with Gasteiger partial charge in [-0.1, -0.05) is 32.0 Å². The lowest BCUT2D eigenvalue weighted by Gasteiger charge is -2.32. The van der Waals surface area contributed by atoms with Gasteiger partial charge in [0.1, 0.15) is 5.82 Å². The van der Waals surface area contributed by atoms with E-state index in [0.29, 0.717) is 5.56 Å². The molecule has 2 atom stereocenters. The zero-order valence-corrected chi connectivity index (χ0v) is 12.1. The Morgan fingerprint density at radius 2 is 2.05 bits per heavy atom. The predicted molar refractivity (Wildman–Crippen MR) is 81.9 cm³/mol. The number of carbonyl (C=O) groups is 1. The first-order valence-electron chi connectivity index (χ1n) is 7.05. The fraction of sp³-hybridized carbons (Fsp3) is 0.294. The molecule has 0 fully saturated rings. The Bertz CT molecular complexity index is 681. The average Bonchev–Trinajstić information content (AvgIpc) is 2.86. The van der Waals surface area contributed by atoms with Gasteiger partial charge in [0.15, 0.2) is 0 Å². The predicted octanol–water partition coefficient (Wildman–Crippen LogP) is 3.27. The molecule has 0 amide bonds. The van der Waals surface area contributed by atoms with E-state index in [2.05, 4.69) is 30.2 Å². The van der Waals surface area contributed by atoms with Crippen molar-refractivity contribution in [2.45, 2.75) is 25.2 Å². The molecule has 2 heterocycles. The molecule has 1 unspecified atom stereocenters. The molecule has 2 aromatic rings. The Morgan fingerprint density at radius 1 is 1.33 bits per heavy atom. The van der Waals surface area contributed by atoms with E-state index in [-0.39, 0.29) is 11.3 Å². The molecule has 0 spiro atoms. The van der Waals surface area contributed by atoms with Gasteiger partial charge in [-0.25, -0.2) is 9.78 Å². The first-order valence-corrected chi connectivity index (χ1v) is 7.05. The summed E-state index contributed by atoms with van der Waals surface area (Å²) in [6, 6.07) is 11.2. The normalized spacial score (nSPS) is 21.4. The van der Waals surface area contributed by atoms with Crippen LogP contribution in [0.25, 0.3) is 0 Å². The highest BCUT2D eigenvalue weighted by Crippen LogP contribution is 2.44. The molecular weight excluding hydrogens is 264 g/mol. The van der Waals surface area contributed by atoms with Crippen LogP contribution >= 0.6 is 0 Å². The lowest BCUT2D eigenvalue weighted by molar-refractivity contribution is 0.0697. The Hall–Kier alpha value is -2.36. The molecule has 1 aromatic carbocycles. The Balaban J connectivity index is 1.95. The Labute approximate surface area is 123 Å². The molecule has 0 bridgehead atoms. The SMILES string of the molecule is CC(c1ccc(C(=O)O)cc1)[C@@]1(C)CNc2ncccc21. The second-order valence-corrected chi connectivity index (χ2v) is 5.82. The van der Waals surface area contributed by atoms with Crippen molar-refractivity contribution in [1.29, 1.82) is 0 Å². The molecule has 0 aliphatic carbocycles. The van der Waals surface area contributed by atoms with E-state index in [1.54, 1.807) is 18.3 Å². The number of carboxylic acid groups (broad SMARTS) is 1. The molecule has 0 saturated heterocycles. The van der Waals surface area contributed by atoms with Gasteiger partial charge in [0.2, 0.25) is 0 Å². The van der Waals surface area contributed by atoms with Crippen molar-refractivity contribution in [3.63, 3.8) is 0 Å². The number of nitrogens with zero attached hydrogens (tertiary/aromatic N) is 1. The molecule has 4 heteroatoms. The van der Waals surface area contributed by atoms with Gasteiger partial charge in [0.05, 0.1) is 5.56 Å². The number of carboxylic acids is 1. The van der Waals surface area contributed by atoms with Crippen LogP contribution in [-0.4, -0.2) is 22.6 Å². The quantitative estimate of drug-likeness (QED) is 0.907. The number of anilines is 1. The van der Waals surface area contributed by atoms with Crippen molar-refractivity contribution in [3.05, 3.63) is 59.3 Å². The van der Waals surface area contributed by atoms with E-state index in [4.69, 9.17) is 5.11 Å². The molecule has 1 aliphatic heterocycles. The maximum Gasteiger partial charge on any atom is 0.335 e. The summed E-state index contributed by atoms with van der Waals surface area (Å²) in [5.74, 6) is 0.324. The lowest BCUT2D eigenvalue weighted by Crippen LogP contribution is -2.31. The summed E-state index contributed by atoms with van der Waals surface area (Å²) in [6.45, 7) is 5.24. The molecule has 108 valence electrons. The number of rotatable bonds is 3. The summed E-state index contributed by atoms with van der Waals surface area (Å²) in [7, 11) is 0. The van der Waals surface area contributed by atoms with E-state index in [0.717, 1.165) is 17.9 Å². The summed E-state index contributed by atoms with van der Waals surface area (Å²) in [5, 5.41) is 12.4. The minimum Gasteiger partial charge on any atom is -0.478 e. The number of fused-ring (bicyclic) bond motifs is 1. The first-order chi connectivity index (χ1) is 10.0. The summed E-state index contributed by atoms with van der Waals surface area (Å²) in [4.78, 5) is 15.3. The third-order valence-corrected chi connectivity index (χ3v) is 4.66. The van der Waals surface area contributed by atoms with Crippen molar-refractivity contribution in [2.24, 2.45) is 0 Å². The Morgan fingerprint density at radius 3 is 2.71 bits per heavy atom. The number of hydrogen-bond acceptors (Lipinski definition) is 3. The highest BCUT2D eigenvalue weighted by molar-refractivity contribution is 5.87. The van der Waals surface area contributed by atoms with E-state index in [1.807, 2.05) is 18.2 Å². The molecule has 4 nitrogen and oxygen atoms in total. The lowest BCUT2D eigenvalue weighted by atomic mass is 9.71. The number of pyridine rings is 1. The van der Waals surface area contributed by atoms with Crippen molar-refractivity contribution < 1.29 is 9.90 Å². The molecular formula is C17H18N2O2. The largest absolute Gasteiger partial charge is 0.478 e. The van der Waals surface area contributed by atoms with Gasteiger partial charge in [0, 0.05) is 23.7 Å². The third-order valence-electron chi connectivity index (χ3n) is 4.66. The summed E-state index contributed by atoms with van der Waals surface area (Å²) in [6.07, 6.45) is 1.80. The van der Waals surface area contributed by atoms with Crippen LogP contribution in [0, 0.1) is 0 Å². The van der Waals surface area contributed by atoms with Crippen molar-refractivity contribution >= 4 is 11.8 Å². The summed E-state index contributed by atoms with van der Waals surface area (Å²) in [5.41, 5.74) is 2.64. The molecule has 21 heavy (non-hydrogen) atoms. The van der Waals surface area contributed by atoms with Gasteiger partial charge in [-0.2, -0.15) is 0 Å². The highest BCUT2D eigenvalue weighted by atomic mass is 16.4. The van der Waals surface area contributed by atoms with Crippen LogP contribution < -0.4 is 5.32 Å². The number of nitrogens with one attached hydrogen (secondary N) is 1. The van der Waals surface area contributed by atoms with Gasteiger partial charge in [0.25, 0.3) is 0 Å². The number of hydrogen-bond donors (Lipinski definition) is 2. The van der Waals surface area contributed by atoms with Crippen LogP contribution in [0.2, 0.25) is 0 Å². The van der Waals surface area contributed by atoms with Crippen molar-refractivity contribution in [1.82, 2.24) is 4.98 Å². The molecule has 0 saturated carbocycles. The van der Waals surface area contributed by atoms with Gasteiger partial charge in [-0.15, -0.1) is 0 Å². The van der Waals surface area contributed by atoms with Crippen LogP contribution in [-0.2, 0) is 5.41 Å². The van der Waals surface area contributed by atoms with Crippen LogP contribution in [0.1, 0.15) is 41.3 Å². The number of aromatic carboxylic acids is 1. The van der Waals surface area contributed by atoms with Gasteiger partial charge >= 0.3 is 5.97 Å². The molecule has 2 N–H and O–H groups in total. The van der Waals surface area contributed by atoms with Crippen LogP contribution in [0.15, 0.2) is 42.6 Å². The highest BCUT2D eigenvalue weighted by Gasteiger charge is 2.40. The van der Waals surface area contributed by atoms with Gasteiger partial charge in [-0.05, 0) is 29.7 Å². The van der Waals surface area contributed by atoms with Crippen molar-refractivity contribution in [2.75, 3.05) is 11.9 Å². The topological polar surface area (TPSA) is 62.2 Å². The summed E-state index contributed by atoms with van der Waals surface area (Å²) >= 11 is 0. The van der Waals surface area contributed by atoms with Crippen molar-refractivity contribution in [3.8, 4) is 0 Å². The summed E-state index contributed by atoms with van der Waals surface area (Å²) < 4.78 is 0. The van der Waals surface area contributed by atoms with E-state index in [1.165, 1.54) is 5.56 Å². The monoisotopic (exact) mass is 282 g/mol. The van der Waals surface area contributed by atoms with Crippen LogP contribution in [0.3, 0.4) is 0 Å². The average molecular weight is 282 g/mol. The molecule has 1 aliphatic rings. The third kappa shape index (κ3) is 2.17. The Kier molecular flexibility index (Phi) is 3.16. The minimum atomic E-state index is -0.891. The fourth-order valence-electron chi connectivity index (χ4n) is 3.04. The standard InChI is InChI=1S/C17H18N2O2/c1-11(12-5-7-13(8-6-12)16(20)21)17(2)10-19-15-14(17)4-3-9-18-15/h3-9,11H,10H2,1-2H3,(H,18,19)(H,20,21)/t11?,17-/m1/s1. The minimum absolute atomic E-state index is 0.0473. The molecule has 0 radical (unpaired) electrons. The molecule has 3 rings (SSSR count). The van der Waals surface area contributed by atoms with E-state index >= 15 is 0 Å². The fourth-order valence-corrected chi connectivity index (χ4v) is 3.04. The van der Waals surface area contributed by atoms with Gasteiger partial charge < -0.3 is 10.4 Å². The second kappa shape index (κ2) is 4.88. The van der Waals surface area contributed by atoms with Gasteiger partial charge in [-0.3, -0.25) is 0 Å². The zero-order chi connectivity index (χ0) is 15.0. The number of benzene rings is 1. The smallest absolute Gasteiger partial charge is 0.335 e. The number of aromatic nitrogens is 1. The van der Waals surface area contributed by atoms with Crippen LogP contribution in [0.4, 0.5) is 5.82 Å². The van der Waals surface area contributed by atoms with E-state index in [9.17, 15) is 4.79 Å². The van der Waals surface area contributed by atoms with E-state index < -0.39 is 5.97 Å².